The van der Waals surface area contributed by atoms with Crippen LogP contribution in [-0.4, -0.2) is 27.5 Å². The number of pyridine rings is 1. The smallest absolute Gasteiger partial charge is 0.230 e. The van der Waals surface area contributed by atoms with Gasteiger partial charge in [0, 0.05) is 28.8 Å². The van der Waals surface area contributed by atoms with Gasteiger partial charge in [-0.2, -0.15) is 0 Å². The number of hydrogen-bond acceptors (Lipinski definition) is 4. The Morgan fingerprint density at radius 1 is 1.56 bits per heavy atom. The summed E-state index contributed by atoms with van der Waals surface area (Å²) < 4.78 is 16.7. The van der Waals surface area contributed by atoms with Gasteiger partial charge in [-0.25, -0.2) is 0 Å². The summed E-state index contributed by atoms with van der Waals surface area (Å²) >= 11 is 0. The highest BCUT2D eigenvalue weighted by molar-refractivity contribution is 7.84. The van der Waals surface area contributed by atoms with Gasteiger partial charge in [0.25, 0.3) is 0 Å². The van der Waals surface area contributed by atoms with Crippen molar-refractivity contribution >= 4 is 16.7 Å². The number of aromatic amines is 1. The lowest BCUT2D eigenvalue weighted by Gasteiger charge is -2.05. The third-order valence-corrected chi connectivity index (χ3v) is 3.26. The van der Waals surface area contributed by atoms with Gasteiger partial charge in [-0.3, -0.25) is 13.8 Å². The molecule has 1 rings (SSSR count). The van der Waals surface area contributed by atoms with Crippen molar-refractivity contribution < 1.29 is 13.7 Å². The van der Waals surface area contributed by atoms with Crippen LogP contribution in [0.15, 0.2) is 17.1 Å². The second-order valence-corrected chi connectivity index (χ2v) is 5.19. The van der Waals surface area contributed by atoms with Crippen LogP contribution in [0.2, 0.25) is 0 Å². The lowest BCUT2D eigenvalue weighted by molar-refractivity contribution is -0.115. The van der Waals surface area contributed by atoms with Crippen LogP contribution >= 0.6 is 0 Å². The van der Waals surface area contributed by atoms with Crippen LogP contribution in [0.3, 0.4) is 0 Å². The van der Waals surface area contributed by atoms with Crippen molar-refractivity contribution in [2.45, 2.75) is 19.1 Å². The van der Waals surface area contributed by atoms with Crippen LogP contribution in [0.1, 0.15) is 19.0 Å². The topological polar surface area (TPSA) is 102 Å². The lowest BCUT2D eigenvalue weighted by Crippen LogP contribution is -2.20. The van der Waals surface area contributed by atoms with Crippen molar-refractivity contribution in [2.24, 2.45) is 5.73 Å². The number of carbonyl (C=O) groups is 1. The van der Waals surface area contributed by atoms with E-state index in [9.17, 15) is 13.8 Å². The Hall–Kier alpha value is -1.63. The minimum absolute atomic E-state index is 0.0895. The Kier molecular flexibility index (Phi) is 5.57. The molecular weight excluding hydrogens is 256 g/mol. The van der Waals surface area contributed by atoms with Gasteiger partial charge in [0.2, 0.25) is 11.3 Å². The van der Waals surface area contributed by atoms with E-state index < -0.39 is 16.7 Å². The first-order valence-corrected chi connectivity index (χ1v) is 6.99. The zero-order valence-electron chi connectivity index (χ0n) is 10.1. The lowest BCUT2D eigenvalue weighted by atomic mass is 10.3. The summed E-state index contributed by atoms with van der Waals surface area (Å²) in [5.74, 6) is -0.512. The summed E-state index contributed by atoms with van der Waals surface area (Å²) in [5, 5.41) is 0. The predicted molar refractivity (Wildman–Crippen MR) is 68.8 cm³/mol. The van der Waals surface area contributed by atoms with E-state index in [2.05, 4.69) is 4.98 Å². The number of primary amides is 1. The molecule has 3 N–H and O–H groups in total. The first-order valence-electron chi connectivity index (χ1n) is 5.50. The Bertz CT molecular complexity index is 498. The monoisotopic (exact) mass is 272 g/mol. The van der Waals surface area contributed by atoms with E-state index in [1.54, 1.807) is 0 Å². The summed E-state index contributed by atoms with van der Waals surface area (Å²) in [5.41, 5.74) is 5.15. The fourth-order valence-electron chi connectivity index (χ4n) is 1.29. The number of hydrogen-bond donors (Lipinski definition) is 2. The van der Waals surface area contributed by atoms with Gasteiger partial charge in [-0.15, -0.1) is 0 Å². The molecule has 0 spiro atoms. The second-order valence-electron chi connectivity index (χ2n) is 3.73. The summed E-state index contributed by atoms with van der Waals surface area (Å²) in [7, 11) is -1.41. The molecule has 0 aliphatic carbocycles. The fraction of sp³-hybridized carbons (Fsp3) is 0.455. The Morgan fingerprint density at radius 2 is 2.28 bits per heavy atom. The Labute approximate surface area is 107 Å². The molecule has 100 valence electrons. The molecule has 1 aromatic rings. The Morgan fingerprint density at radius 3 is 2.83 bits per heavy atom. The van der Waals surface area contributed by atoms with Crippen molar-refractivity contribution in [2.75, 3.05) is 12.4 Å². The summed E-state index contributed by atoms with van der Waals surface area (Å²) in [6.45, 7) is 2.41. The third-order valence-electron chi connectivity index (χ3n) is 2.02. The average molecular weight is 272 g/mol. The van der Waals surface area contributed by atoms with Gasteiger partial charge < -0.3 is 15.5 Å². The van der Waals surface area contributed by atoms with E-state index in [1.807, 2.05) is 6.92 Å². The van der Waals surface area contributed by atoms with Gasteiger partial charge >= 0.3 is 0 Å². The van der Waals surface area contributed by atoms with E-state index in [4.69, 9.17) is 10.5 Å². The zero-order valence-corrected chi connectivity index (χ0v) is 10.9. The average Bonchev–Trinajstić information content (AvgIpc) is 2.26. The van der Waals surface area contributed by atoms with Crippen molar-refractivity contribution in [1.82, 2.24) is 4.98 Å². The summed E-state index contributed by atoms with van der Waals surface area (Å²) in [6, 6.07) is 1.32. The van der Waals surface area contributed by atoms with Gasteiger partial charge in [0.1, 0.15) is 5.75 Å². The van der Waals surface area contributed by atoms with E-state index in [0.717, 1.165) is 6.42 Å². The molecular formula is C11H16N2O4S. The maximum atomic E-state index is 11.6. The predicted octanol–water partition coefficient (Wildman–Crippen LogP) is -0.102. The van der Waals surface area contributed by atoms with Crippen LogP contribution in [0.4, 0.5) is 0 Å². The second kappa shape index (κ2) is 6.95. The quantitative estimate of drug-likeness (QED) is 0.723. The van der Waals surface area contributed by atoms with Crippen molar-refractivity contribution in [3.63, 3.8) is 0 Å². The number of aromatic nitrogens is 1. The Balaban J connectivity index is 2.69. The van der Waals surface area contributed by atoms with Crippen LogP contribution in [0.5, 0.6) is 5.75 Å². The molecule has 0 saturated carbocycles. The number of carbonyl (C=O) groups excluding carboxylic acids is 1. The third kappa shape index (κ3) is 4.70. The van der Waals surface area contributed by atoms with E-state index in [1.165, 1.54) is 12.3 Å². The highest BCUT2D eigenvalue weighted by Crippen LogP contribution is 2.04. The standard InChI is InChI=1S/C11H16N2O4S/c1-2-3-17-10-5-13-8(4-9(10)14)6-18(16)7-11(12)15/h4-5H,2-3,6-7H2,1H3,(H2,12,15)(H,13,14). The van der Waals surface area contributed by atoms with Crippen molar-refractivity contribution in [1.29, 1.82) is 0 Å². The molecule has 7 heteroatoms. The molecule has 1 heterocycles. The van der Waals surface area contributed by atoms with Crippen molar-refractivity contribution in [3.8, 4) is 5.75 Å². The molecule has 1 amide bonds. The summed E-state index contributed by atoms with van der Waals surface area (Å²) in [6.07, 6.45) is 2.25. The van der Waals surface area contributed by atoms with Gasteiger partial charge in [0.15, 0.2) is 5.75 Å². The number of H-pyrrole nitrogens is 1. The molecule has 0 bridgehead atoms. The number of amides is 1. The number of nitrogens with one attached hydrogen (secondary N) is 1. The maximum Gasteiger partial charge on any atom is 0.230 e. The fourth-order valence-corrected chi connectivity index (χ4v) is 2.22. The van der Waals surface area contributed by atoms with Gasteiger partial charge in [0.05, 0.1) is 12.4 Å². The summed E-state index contributed by atoms with van der Waals surface area (Å²) in [4.78, 5) is 25.0. The first-order chi connectivity index (χ1) is 8.52. The van der Waals surface area contributed by atoms with E-state index in [0.29, 0.717) is 12.3 Å². The van der Waals surface area contributed by atoms with Crippen LogP contribution in [0, 0.1) is 0 Å². The minimum atomic E-state index is -1.41. The molecule has 0 radical (unpaired) electrons. The largest absolute Gasteiger partial charge is 0.488 e. The molecule has 1 unspecified atom stereocenters. The normalized spacial score (nSPS) is 12.1. The maximum absolute atomic E-state index is 11.6. The van der Waals surface area contributed by atoms with Gasteiger partial charge in [-0.1, -0.05) is 6.92 Å². The number of nitrogens with two attached hydrogens (primary N) is 1. The molecule has 0 aliphatic heterocycles. The van der Waals surface area contributed by atoms with Gasteiger partial charge in [-0.05, 0) is 6.42 Å². The molecule has 0 aliphatic rings. The minimum Gasteiger partial charge on any atom is -0.488 e. The molecule has 18 heavy (non-hydrogen) atoms. The SMILES string of the molecule is CCCOc1c[nH]c(CS(=O)CC(N)=O)cc1=O. The highest BCUT2D eigenvalue weighted by atomic mass is 32.2. The van der Waals surface area contributed by atoms with Crippen LogP contribution in [-0.2, 0) is 21.3 Å². The molecule has 0 aromatic carbocycles. The zero-order chi connectivity index (χ0) is 13.5. The first kappa shape index (κ1) is 14.4. The highest BCUT2D eigenvalue weighted by Gasteiger charge is 2.08. The van der Waals surface area contributed by atoms with Crippen LogP contribution in [0.25, 0.3) is 0 Å². The van der Waals surface area contributed by atoms with Crippen molar-refractivity contribution in [3.05, 3.63) is 28.2 Å². The molecule has 0 saturated heterocycles. The molecule has 0 fully saturated rings. The number of rotatable bonds is 7. The van der Waals surface area contributed by atoms with E-state index in [-0.39, 0.29) is 22.7 Å². The molecule has 1 aromatic heterocycles. The molecule has 6 nitrogen and oxygen atoms in total. The van der Waals surface area contributed by atoms with Crippen LogP contribution < -0.4 is 15.9 Å². The van der Waals surface area contributed by atoms with E-state index >= 15 is 0 Å². The number of ether oxygens (including phenoxy) is 1. The molecule has 1 atom stereocenters.